The second-order valence-electron chi connectivity index (χ2n) is 5.85. The Morgan fingerprint density at radius 3 is 2.69 bits per heavy atom. The smallest absolute Gasteiger partial charge is 0.271 e. The molecule has 0 aliphatic heterocycles. The van der Waals surface area contributed by atoms with Gasteiger partial charge in [-0.1, -0.05) is 6.07 Å². The Morgan fingerprint density at radius 2 is 2.10 bits per heavy atom. The molecule has 0 spiro atoms. The minimum Gasteiger partial charge on any atom is -0.493 e. The molecule has 2 rings (SSSR count). The van der Waals surface area contributed by atoms with Crippen LogP contribution in [0.1, 0.15) is 18.1 Å². The Morgan fingerprint density at radius 1 is 1.38 bits per heavy atom. The Kier molecular flexibility index (Phi) is 7.33. The SMILES string of the molecule is CCOc1c(Br)cc(/C=C(\C#N)C(=O)Nc2cc([N+](=O)[O-])ccc2C)cc1OC. The highest BCUT2D eigenvalue weighted by Crippen LogP contribution is 2.37. The molecule has 0 bridgehead atoms. The van der Waals surface area contributed by atoms with Gasteiger partial charge >= 0.3 is 0 Å². The van der Waals surface area contributed by atoms with Gasteiger partial charge in [-0.2, -0.15) is 5.26 Å². The molecule has 8 nitrogen and oxygen atoms in total. The first-order valence-electron chi connectivity index (χ1n) is 8.49. The maximum Gasteiger partial charge on any atom is 0.271 e. The van der Waals surface area contributed by atoms with E-state index in [9.17, 15) is 20.2 Å². The van der Waals surface area contributed by atoms with E-state index in [1.807, 2.05) is 13.0 Å². The fourth-order valence-corrected chi connectivity index (χ4v) is 3.04. The average molecular weight is 460 g/mol. The minimum absolute atomic E-state index is 0.159. The molecule has 150 valence electrons. The van der Waals surface area contributed by atoms with Gasteiger partial charge < -0.3 is 14.8 Å². The summed E-state index contributed by atoms with van der Waals surface area (Å²) in [6, 6.07) is 9.30. The van der Waals surface area contributed by atoms with Crippen LogP contribution in [0.2, 0.25) is 0 Å². The maximum atomic E-state index is 12.6. The summed E-state index contributed by atoms with van der Waals surface area (Å²) in [6.45, 7) is 3.98. The zero-order valence-electron chi connectivity index (χ0n) is 16.0. The summed E-state index contributed by atoms with van der Waals surface area (Å²) in [5.74, 6) is 0.280. The fourth-order valence-electron chi connectivity index (χ4n) is 2.47. The lowest BCUT2D eigenvalue weighted by Gasteiger charge is -2.12. The monoisotopic (exact) mass is 459 g/mol. The van der Waals surface area contributed by atoms with Gasteiger partial charge in [-0.05, 0) is 59.1 Å². The number of nitriles is 1. The van der Waals surface area contributed by atoms with Crippen LogP contribution in [0.5, 0.6) is 11.5 Å². The number of nitrogens with one attached hydrogen (secondary N) is 1. The van der Waals surface area contributed by atoms with E-state index < -0.39 is 10.8 Å². The molecule has 0 radical (unpaired) electrons. The van der Waals surface area contributed by atoms with E-state index in [1.165, 1.54) is 31.4 Å². The Bertz CT molecular complexity index is 1030. The number of rotatable bonds is 7. The molecule has 1 N–H and O–H groups in total. The highest BCUT2D eigenvalue weighted by Gasteiger charge is 2.16. The first kappa shape index (κ1) is 21.9. The van der Waals surface area contributed by atoms with Crippen molar-refractivity contribution in [2.75, 3.05) is 19.0 Å². The number of carbonyl (C=O) groups excluding carboxylic acids is 1. The zero-order valence-corrected chi connectivity index (χ0v) is 17.6. The van der Waals surface area contributed by atoms with E-state index >= 15 is 0 Å². The highest BCUT2D eigenvalue weighted by molar-refractivity contribution is 9.10. The average Bonchev–Trinajstić information content (AvgIpc) is 2.69. The number of nitro benzene ring substituents is 1. The zero-order chi connectivity index (χ0) is 21.6. The van der Waals surface area contributed by atoms with Crippen LogP contribution in [-0.4, -0.2) is 24.5 Å². The van der Waals surface area contributed by atoms with Crippen molar-refractivity contribution in [3.63, 3.8) is 0 Å². The van der Waals surface area contributed by atoms with Crippen LogP contribution in [0.3, 0.4) is 0 Å². The van der Waals surface area contributed by atoms with Crippen molar-refractivity contribution in [2.24, 2.45) is 0 Å². The summed E-state index contributed by atoms with van der Waals surface area (Å²) < 4.78 is 11.4. The third-order valence-electron chi connectivity index (χ3n) is 3.90. The second kappa shape index (κ2) is 9.71. The Labute approximate surface area is 176 Å². The van der Waals surface area contributed by atoms with Crippen LogP contribution in [0.15, 0.2) is 40.4 Å². The molecular weight excluding hydrogens is 442 g/mol. The molecule has 0 aromatic heterocycles. The minimum atomic E-state index is -0.680. The number of carbonyl (C=O) groups is 1. The predicted octanol–water partition coefficient (Wildman–Crippen LogP) is 4.62. The van der Waals surface area contributed by atoms with Crippen molar-refractivity contribution in [3.8, 4) is 17.6 Å². The molecule has 0 aliphatic rings. The number of amides is 1. The number of halogens is 1. The fraction of sp³-hybridized carbons (Fsp3) is 0.200. The third-order valence-corrected chi connectivity index (χ3v) is 4.49. The van der Waals surface area contributed by atoms with Crippen molar-refractivity contribution in [2.45, 2.75) is 13.8 Å². The van der Waals surface area contributed by atoms with Crippen LogP contribution in [-0.2, 0) is 4.79 Å². The second-order valence-corrected chi connectivity index (χ2v) is 6.70. The summed E-state index contributed by atoms with van der Waals surface area (Å²) in [6.07, 6.45) is 1.39. The number of methoxy groups -OCH3 is 1. The normalized spacial score (nSPS) is 10.8. The van der Waals surface area contributed by atoms with Crippen molar-refractivity contribution < 1.29 is 19.2 Å². The first-order chi connectivity index (χ1) is 13.8. The van der Waals surface area contributed by atoms with E-state index in [1.54, 1.807) is 19.1 Å². The number of non-ortho nitro benzene ring substituents is 1. The van der Waals surface area contributed by atoms with E-state index in [2.05, 4.69) is 21.2 Å². The molecule has 0 unspecified atom stereocenters. The summed E-state index contributed by atoms with van der Waals surface area (Å²) in [5, 5.41) is 22.9. The van der Waals surface area contributed by atoms with Gasteiger partial charge in [0.15, 0.2) is 11.5 Å². The van der Waals surface area contributed by atoms with Gasteiger partial charge in [-0.25, -0.2) is 0 Å². The lowest BCUT2D eigenvalue weighted by Crippen LogP contribution is -2.14. The van der Waals surface area contributed by atoms with Gasteiger partial charge in [-0.3, -0.25) is 14.9 Å². The quantitative estimate of drug-likeness (QED) is 0.279. The lowest BCUT2D eigenvalue weighted by molar-refractivity contribution is -0.384. The predicted molar refractivity (Wildman–Crippen MR) is 112 cm³/mol. The lowest BCUT2D eigenvalue weighted by atomic mass is 10.1. The number of benzene rings is 2. The number of nitrogens with zero attached hydrogens (tertiary/aromatic N) is 2. The largest absolute Gasteiger partial charge is 0.493 e. The van der Waals surface area contributed by atoms with Gasteiger partial charge in [0.1, 0.15) is 11.6 Å². The number of hydrogen-bond acceptors (Lipinski definition) is 6. The molecule has 0 saturated carbocycles. The molecule has 1 amide bonds. The number of aryl methyl sites for hydroxylation is 1. The van der Waals surface area contributed by atoms with Gasteiger partial charge in [0, 0.05) is 12.1 Å². The molecule has 0 fully saturated rings. The van der Waals surface area contributed by atoms with Crippen LogP contribution in [0.4, 0.5) is 11.4 Å². The van der Waals surface area contributed by atoms with Crippen molar-refractivity contribution in [1.82, 2.24) is 0 Å². The number of anilines is 1. The van der Waals surface area contributed by atoms with Gasteiger partial charge in [0.25, 0.3) is 11.6 Å². The van der Waals surface area contributed by atoms with Gasteiger partial charge in [0.2, 0.25) is 0 Å². The topological polar surface area (TPSA) is 114 Å². The van der Waals surface area contributed by atoms with Crippen molar-refractivity contribution in [1.29, 1.82) is 5.26 Å². The highest BCUT2D eigenvalue weighted by atomic mass is 79.9. The molecule has 2 aromatic rings. The van der Waals surface area contributed by atoms with Crippen LogP contribution in [0.25, 0.3) is 6.08 Å². The molecule has 9 heteroatoms. The summed E-state index contributed by atoms with van der Waals surface area (Å²) in [7, 11) is 1.49. The van der Waals surface area contributed by atoms with E-state index in [0.717, 1.165) is 0 Å². The number of ether oxygens (including phenoxy) is 2. The Hall–Kier alpha value is -3.38. The van der Waals surface area contributed by atoms with Crippen LogP contribution < -0.4 is 14.8 Å². The van der Waals surface area contributed by atoms with Crippen molar-refractivity contribution in [3.05, 3.63) is 61.6 Å². The molecule has 29 heavy (non-hydrogen) atoms. The third kappa shape index (κ3) is 5.33. The van der Waals surface area contributed by atoms with E-state index in [0.29, 0.717) is 33.7 Å². The Balaban J connectivity index is 2.36. The number of nitro groups is 1. The van der Waals surface area contributed by atoms with Gasteiger partial charge in [0.05, 0.1) is 28.8 Å². The van der Waals surface area contributed by atoms with E-state index in [4.69, 9.17) is 9.47 Å². The van der Waals surface area contributed by atoms with Crippen LogP contribution in [0, 0.1) is 28.4 Å². The van der Waals surface area contributed by atoms with Gasteiger partial charge in [-0.15, -0.1) is 0 Å². The summed E-state index contributed by atoms with van der Waals surface area (Å²) >= 11 is 3.39. The first-order valence-corrected chi connectivity index (χ1v) is 9.28. The molecular formula is C20H18BrN3O5. The molecule has 0 atom stereocenters. The number of hydrogen-bond donors (Lipinski definition) is 1. The standard InChI is InChI=1S/C20H18BrN3O5/c1-4-29-19-16(21)8-13(9-18(19)28-3)7-14(11-22)20(25)23-17-10-15(24(26)27)6-5-12(17)2/h5-10H,4H2,1-3H3,(H,23,25)/b14-7+. The van der Waals surface area contributed by atoms with Crippen LogP contribution >= 0.6 is 15.9 Å². The summed E-state index contributed by atoms with van der Waals surface area (Å²) in [4.78, 5) is 22.9. The maximum absolute atomic E-state index is 12.6. The molecule has 0 saturated heterocycles. The molecule has 2 aromatic carbocycles. The van der Waals surface area contributed by atoms with Crippen molar-refractivity contribution >= 4 is 39.3 Å². The molecule has 0 aliphatic carbocycles. The summed E-state index contributed by atoms with van der Waals surface area (Å²) in [5.41, 5.74) is 1.10. The molecule has 0 heterocycles. The van der Waals surface area contributed by atoms with E-state index in [-0.39, 0.29) is 16.9 Å².